The Morgan fingerprint density at radius 1 is 0.687 bits per heavy atom. The average Bonchev–Trinajstić information content (AvgIpc) is 3.90. The van der Waals surface area contributed by atoms with Crippen LogP contribution in [-0.4, -0.2) is 118 Å². The van der Waals surface area contributed by atoms with E-state index in [9.17, 15) is 23.6 Å². The molecule has 6 aromatic heterocycles. The lowest BCUT2D eigenvalue weighted by Gasteiger charge is -2.37. The van der Waals surface area contributed by atoms with E-state index in [4.69, 9.17) is 29.9 Å². The van der Waals surface area contributed by atoms with Crippen LogP contribution in [0.4, 0.5) is 14.6 Å². The van der Waals surface area contributed by atoms with Crippen molar-refractivity contribution in [2.24, 2.45) is 0 Å². The number of piperazine rings is 2. The maximum absolute atomic E-state index is 15.3. The summed E-state index contributed by atoms with van der Waals surface area (Å²) >= 11 is 5.79. The number of pyridine rings is 4. The van der Waals surface area contributed by atoms with Gasteiger partial charge in [0.1, 0.15) is 0 Å². The zero-order valence-corrected chi connectivity index (χ0v) is 38.8. The molecule has 19 heteroatoms. The average molecular weight is 941 g/mol. The van der Waals surface area contributed by atoms with Gasteiger partial charge in [0.2, 0.25) is 22.3 Å². The number of benzene rings is 2. The van der Waals surface area contributed by atoms with Gasteiger partial charge < -0.3 is 28.5 Å². The Morgan fingerprint density at radius 2 is 1.13 bits per heavy atom. The molecule has 0 bridgehead atoms. The highest BCUT2D eigenvalue weighted by molar-refractivity contribution is 6.30. The maximum Gasteiger partial charge on any atom is 0.347 e. The smallest absolute Gasteiger partial charge is 0.347 e. The Bertz CT molecular complexity index is 3280. The lowest BCUT2D eigenvalue weighted by molar-refractivity contribution is 0.0516. The second-order valence-electron chi connectivity index (χ2n) is 16.6. The van der Waals surface area contributed by atoms with E-state index < -0.39 is 34.4 Å². The molecule has 1 N–H and O–H groups in total. The van der Waals surface area contributed by atoms with Gasteiger partial charge in [0.15, 0.2) is 56.2 Å². The van der Waals surface area contributed by atoms with Gasteiger partial charge in [0.25, 0.3) is 0 Å². The van der Waals surface area contributed by atoms with E-state index in [1.807, 2.05) is 11.0 Å². The summed E-state index contributed by atoms with van der Waals surface area (Å²) in [5.74, 6) is -2.92. The highest BCUT2D eigenvalue weighted by Crippen LogP contribution is 2.30. The van der Waals surface area contributed by atoms with Crippen molar-refractivity contribution < 1.29 is 36.7 Å². The summed E-state index contributed by atoms with van der Waals surface area (Å²) in [6.45, 7) is 19.8. The minimum absolute atomic E-state index is 0.00386. The van der Waals surface area contributed by atoms with Crippen molar-refractivity contribution in [3.8, 4) is 0 Å². The summed E-state index contributed by atoms with van der Waals surface area (Å²) in [7, 11) is 0. The van der Waals surface area contributed by atoms with Crippen molar-refractivity contribution in [1.82, 2.24) is 33.9 Å². The van der Waals surface area contributed by atoms with Gasteiger partial charge in [-0.2, -0.15) is 0 Å². The molecule has 0 saturated carbocycles. The van der Waals surface area contributed by atoms with Crippen molar-refractivity contribution in [1.29, 1.82) is 0 Å². The number of aromatic nitrogens is 4. The predicted octanol–water partition coefficient (Wildman–Crippen LogP) is 7.30. The number of nitrogens with one attached hydrogen (secondary N) is 1. The van der Waals surface area contributed by atoms with E-state index in [1.54, 1.807) is 60.7 Å². The molecule has 0 atom stereocenters. The SMILES string of the molecule is CC(C)N1CCNCC1.CCOC(=O)c1c(=O)c2cc(F)c(Cl)nc2n2c1oc1ccccc12.CCOC(=O)c1c(=O)c2cc(F)c(N3CCN(C(C)C)CC3)nc2n2c1oc1ccccc12. The van der Waals surface area contributed by atoms with Gasteiger partial charge in [-0.15, -0.1) is 0 Å². The van der Waals surface area contributed by atoms with Crippen LogP contribution < -0.4 is 21.1 Å². The fourth-order valence-corrected chi connectivity index (χ4v) is 8.56. The molecule has 2 aromatic carbocycles. The normalized spacial score (nSPS) is 14.9. The van der Waals surface area contributed by atoms with Gasteiger partial charge in [-0.1, -0.05) is 35.9 Å². The highest BCUT2D eigenvalue weighted by atomic mass is 35.5. The number of fused-ring (bicyclic) bond motifs is 10. The molecule has 352 valence electrons. The van der Waals surface area contributed by atoms with Crippen molar-refractivity contribution >= 4 is 85.1 Å². The van der Waals surface area contributed by atoms with E-state index in [-0.39, 0.29) is 68.8 Å². The lowest BCUT2D eigenvalue weighted by Crippen LogP contribution is -2.49. The van der Waals surface area contributed by atoms with Crippen molar-refractivity contribution in [2.75, 3.05) is 70.5 Å². The quantitative estimate of drug-likeness (QED) is 0.125. The first-order valence-electron chi connectivity index (χ1n) is 22.3. The number of esters is 2. The summed E-state index contributed by atoms with van der Waals surface area (Å²) in [6, 6.07) is 17.3. The molecule has 2 aliphatic rings. The maximum atomic E-state index is 15.3. The van der Waals surface area contributed by atoms with Gasteiger partial charge in [0, 0.05) is 64.4 Å². The van der Waals surface area contributed by atoms with Crippen molar-refractivity contribution in [3.05, 3.63) is 109 Å². The fraction of sp³-hybridized carbons (Fsp3) is 0.375. The molecule has 8 heterocycles. The summed E-state index contributed by atoms with van der Waals surface area (Å²) in [5.41, 5.74) is 0.500. The topological polar surface area (TPSA) is 169 Å². The number of anilines is 1. The molecule has 0 spiro atoms. The Labute approximate surface area is 387 Å². The zero-order chi connectivity index (χ0) is 47.7. The molecule has 16 nitrogen and oxygen atoms in total. The Morgan fingerprint density at radius 3 is 1.60 bits per heavy atom. The summed E-state index contributed by atoms with van der Waals surface area (Å²) < 4.78 is 53.9. The second kappa shape index (κ2) is 19.8. The number of hydrogen-bond donors (Lipinski definition) is 1. The Balaban J connectivity index is 0.000000157. The van der Waals surface area contributed by atoms with Crippen molar-refractivity contribution in [2.45, 2.75) is 53.6 Å². The molecule has 10 rings (SSSR count). The molecule has 2 fully saturated rings. The molecule has 0 amide bonds. The van der Waals surface area contributed by atoms with Crippen LogP contribution in [0.25, 0.3) is 55.7 Å². The molecule has 67 heavy (non-hydrogen) atoms. The number of ether oxygens (including phenoxy) is 2. The van der Waals surface area contributed by atoms with Gasteiger partial charge in [-0.3, -0.25) is 28.2 Å². The monoisotopic (exact) mass is 940 g/mol. The van der Waals surface area contributed by atoms with Gasteiger partial charge in [-0.05, 0) is 77.9 Å². The van der Waals surface area contributed by atoms with Crippen LogP contribution in [0, 0.1) is 11.6 Å². The second-order valence-corrected chi connectivity index (χ2v) is 16.9. The molecule has 2 aliphatic heterocycles. The fourth-order valence-electron chi connectivity index (χ4n) is 8.42. The number of para-hydroxylation sites is 4. The van der Waals surface area contributed by atoms with Crippen LogP contribution >= 0.6 is 11.6 Å². The Hall–Kier alpha value is -6.47. The first-order valence-corrected chi connectivity index (χ1v) is 22.7. The number of carbonyl (C=O) groups excluding carboxylic acids is 2. The van der Waals surface area contributed by atoms with Crippen LogP contribution in [0.2, 0.25) is 5.15 Å². The third kappa shape index (κ3) is 9.05. The molecule has 0 unspecified atom stereocenters. The van der Waals surface area contributed by atoms with Gasteiger partial charge >= 0.3 is 11.9 Å². The van der Waals surface area contributed by atoms with Crippen LogP contribution in [0.5, 0.6) is 0 Å². The number of oxazole rings is 2. The number of hydrogen-bond acceptors (Lipinski definition) is 14. The molecular formula is C48H51ClF2N8O8. The van der Waals surface area contributed by atoms with Crippen LogP contribution in [0.1, 0.15) is 62.3 Å². The number of halogens is 3. The first kappa shape index (κ1) is 47.0. The van der Waals surface area contributed by atoms with E-state index >= 15 is 4.39 Å². The zero-order valence-electron chi connectivity index (χ0n) is 38.0. The van der Waals surface area contributed by atoms with E-state index in [0.29, 0.717) is 41.3 Å². The lowest BCUT2D eigenvalue weighted by atomic mass is 10.1. The summed E-state index contributed by atoms with van der Waals surface area (Å²) in [5, 5.41) is 2.86. The summed E-state index contributed by atoms with van der Waals surface area (Å²) in [6.07, 6.45) is 0. The largest absolute Gasteiger partial charge is 0.462 e. The van der Waals surface area contributed by atoms with E-state index in [0.717, 1.165) is 38.3 Å². The molecule has 2 saturated heterocycles. The number of carbonyl (C=O) groups is 2. The van der Waals surface area contributed by atoms with Gasteiger partial charge in [0.05, 0.1) is 35.0 Å². The van der Waals surface area contributed by atoms with Crippen LogP contribution in [0.3, 0.4) is 0 Å². The molecule has 8 aromatic rings. The minimum Gasteiger partial charge on any atom is -0.462 e. The van der Waals surface area contributed by atoms with Gasteiger partial charge in [-0.25, -0.2) is 28.3 Å². The van der Waals surface area contributed by atoms with Crippen molar-refractivity contribution in [3.63, 3.8) is 0 Å². The Kier molecular flexibility index (Phi) is 13.9. The minimum atomic E-state index is -0.853. The third-order valence-electron chi connectivity index (χ3n) is 11.9. The highest BCUT2D eigenvalue weighted by Gasteiger charge is 2.29. The number of rotatable bonds is 7. The van der Waals surface area contributed by atoms with E-state index in [1.165, 1.54) is 23.6 Å². The number of nitrogens with zero attached hydrogens (tertiary/aromatic N) is 7. The third-order valence-corrected chi connectivity index (χ3v) is 12.1. The van der Waals surface area contributed by atoms with Crippen LogP contribution in [-0.2, 0) is 9.47 Å². The van der Waals surface area contributed by atoms with E-state index in [2.05, 4.69) is 52.8 Å². The molecular weight excluding hydrogens is 890 g/mol. The predicted molar refractivity (Wildman–Crippen MR) is 253 cm³/mol. The van der Waals surface area contributed by atoms with Crippen LogP contribution in [0.15, 0.2) is 79.1 Å². The molecule has 0 aliphatic carbocycles. The molecule has 0 radical (unpaired) electrons. The summed E-state index contributed by atoms with van der Waals surface area (Å²) in [4.78, 5) is 66.3. The standard InChI is InChI=1S/C24H25FN4O4.C17H10ClFN2O4.C7H16N2/c1-4-32-24(31)19-20(30)15-13-16(25)22(28-11-9-27(10-12-28)14(2)3)26-21(15)29-17-7-5-6-8-18(17)33-23(19)29;1-2-24-17(23)12-13(22)8-7-9(19)14(18)20-15(8)21-10-5-3-4-6-11(10)25-16(12)21;1-7(2)9-5-3-8-4-6-9/h5-8,13-14H,4,9-12H2,1-3H3;3-7H,2H2,1H3;7-8H,3-6H2,1-2H3. The first-order chi connectivity index (χ1) is 32.2.